The predicted octanol–water partition coefficient (Wildman–Crippen LogP) is 5.57. The fourth-order valence-electron chi connectivity index (χ4n) is 9.89. The minimum Gasteiger partial charge on any atom is -0.465 e. The fraction of sp³-hybridized carbons (Fsp3) is 0.658. The summed E-state index contributed by atoms with van der Waals surface area (Å²) >= 11 is 0. The average molecular weight is 649 g/mol. The summed E-state index contributed by atoms with van der Waals surface area (Å²) in [6.45, 7) is 6.44. The van der Waals surface area contributed by atoms with Crippen LogP contribution < -0.4 is 0 Å². The predicted molar refractivity (Wildman–Crippen MR) is 171 cm³/mol. The molecular weight excluding hydrogens is 600 g/mol. The molecule has 8 aliphatic rings. The van der Waals surface area contributed by atoms with Crippen molar-refractivity contribution in [2.75, 3.05) is 13.2 Å². The molecule has 3 saturated carbocycles. The number of aliphatic hydroxyl groups excluding tert-OH is 1. The second-order valence-corrected chi connectivity index (χ2v) is 15.9. The second kappa shape index (κ2) is 12.6. The number of hydrogen-bond acceptors (Lipinski definition) is 9. The molecule has 9 unspecified atom stereocenters. The summed E-state index contributed by atoms with van der Waals surface area (Å²) in [7, 11) is 0. The molecule has 3 fully saturated rings. The van der Waals surface area contributed by atoms with Gasteiger partial charge in [0.25, 0.3) is 0 Å². The lowest BCUT2D eigenvalue weighted by Gasteiger charge is -2.46. The van der Waals surface area contributed by atoms with Gasteiger partial charge in [-0.25, -0.2) is 9.59 Å². The lowest BCUT2D eigenvalue weighted by atomic mass is 9.58. The van der Waals surface area contributed by atoms with Gasteiger partial charge in [0.1, 0.15) is 0 Å². The molecule has 0 radical (unpaired) electrons. The van der Waals surface area contributed by atoms with Crippen molar-refractivity contribution in [1.29, 1.82) is 0 Å². The van der Waals surface area contributed by atoms with Gasteiger partial charge in [-0.3, -0.25) is 14.4 Å². The largest absolute Gasteiger partial charge is 0.465 e. The van der Waals surface area contributed by atoms with Crippen LogP contribution in [0.3, 0.4) is 0 Å². The van der Waals surface area contributed by atoms with Gasteiger partial charge < -0.3 is 19.3 Å². The Bertz CT molecular complexity index is 1430. The average Bonchev–Trinajstić information content (AvgIpc) is 3.68. The molecular formula is C38H48O9. The van der Waals surface area contributed by atoms with Gasteiger partial charge in [0, 0.05) is 18.8 Å². The van der Waals surface area contributed by atoms with Crippen LogP contribution in [0.1, 0.15) is 85.0 Å². The van der Waals surface area contributed by atoms with Gasteiger partial charge in [-0.15, -0.1) is 0 Å². The Balaban J connectivity index is 1.04. The minimum absolute atomic E-state index is 0.0617. The van der Waals surface area contributed by atoms with Crippen LogP contribution in [-0.4, -0.2) is 48.2 Å². The van der Waals surface area contributed by atoms with E-state index >= 15 is 0 Å². The zero-order chi connectivity index (χ0) is 33.6. The maximum atomic E-state index is 13.6. The van der Waals surface area contributed by atoms with Gasteiger partial charge in [-0.05, 0) is 105 Å². The molecule has 0 saturated heterocycles. The molecule has 0 amide bonds. The van der Waals surface area contributed by atoms with Crippen molar-refractivity contribution in [3.63, 3.8) is 0 Å². The summed E-state index contributed by atoms with van der Waals surface area (Å²) in [6.07, 6.45) is 20.5. The maximum absolute atomic E-state index is 13.6. The molecule has 254 valence electrons. The summed E-state index contributed by atoms with van der Waals surface area (Å²) in [6, 6.07) is 0. The number of esters is 5. The first-order chi connectivity index (χ1) is 22.3. The molecule has 9 nitrogen and oxygen atoms in total. The van der Waals surface area contributed by atoms with Gasteiger partial charge >= 0.3 is 29.8 Å². The third-order valence-electron chi connectivity index (χ3n) is 12.6. The van der Waals surface area contributed by atoms with Crippen molar-refractivity contribution < 1.29 is 43.3 Å². The van der Waals surface area contributed by atoms with Crippen molar-refractivity contribution in [3.05, 3.63) is 48.6 Å². The van der Waals surface area contributed by atoms with Crippen molar-refractivity contribution >= 4 is 29.8 Å². The lowest BCUT2D eigenvalue weighted by Crippen LogP contribution is -2.48. The minimum atomic E-state index is -1.02. The number of hydrogen-bond donors (Lipinski definition) is 1. The van der Waals surface area contributed by atoms with Crippen molar-refractivity contribution in [2.45, 2.75) is 85.0 Å². The molecule has 9 heteroatoms. The molecule has 0 spiro atoms. The Morgan fingerprint density at radius 2 is 1.30 bits per heavy atom. The van der Waals surface area contributed by atoms with E-state index in [1.54, 1.807) is 6.08 Å². The van der Waals surface area contributed by atoms with Crippen LogP contribution in [0.15, 0.2) is 48.6 Å². The van der Waals surface area contributed by atoms with E-state index in [0.29, 0.717) is 43.4 Å². The third-order valence-corrected chi connectivity index (χ3v) is 12.6. The monoisotopic (exact) mass is 648 g/mol. The first-order valence-corrected chi connectivity index (χ1v) is 17.4. The Morgan fingerprint density at radius 1 is 0.745 bits per heavy atom. The highest BCUT2D eigenvalue weighted by Gasteiger charge is 2.61. The van der Waals surface area contributed by atoms with E-state index < -0.39 is 40.1 Å². The molecule has 47 heavy (non-hydrogen) atoms. The number of allylic oxidation sites excluding steroid dienone is 4. The number of rotatable bonds is 10. The molecule has 0 aromatic heterocycles. The molecule has 0 heterocycles. The van der Waals surface area contributed by atoms with Crippen LogP contribution in [-0.2, 0) is 38.2 Å². The third kappa shape index (κ3) is 5.87. The van der Waals surface area contributed by atoms with Crippen LogP contribution in [0.5, 0.6) is 0 Å². The van der Waals surface area contributed by atoms with E-state index in [4.69, 9.17) is 14.2 Å². The molecule has 8 aliphatic carbocycles. The topological polar surface area (TPSA) is 133 Å². The fourth-order valence-corrected chi connectivity index (χ4v) is 9.89. The summed E-state index contributed by atoms with van der Waals surface area (Å²) in [4.78, 5) is 65.5. The normalized spacial score (nSPS) is 37.8. The number of carbonyl (C=O) groups is 5. The van der Waals surface area contributed by atoms with Crippen molar-refractivity contribution in [1.82, 2.24) is 0 Å². The summed E-state index contributed by atoms with van der Waals surface area (Å²) in [5.74, 6) is -2.63. The molecule has 0 aromatic rings. The van der Waals surface area contributed by atoms with E-state index in [0.717, 1.165) is 50.7 Å². The van der Waals surface area contributed by atoms with Crippen LogP contribution in [0.25, 0.3) is 0 Å². The molecule has 0 aliphatic heterocycles. The van der Waals surface area contributed by atoms with Gasteiger partial charge in [0.05, 0.1) is 22.9 Å². The van der Waals surface area contributed by atoms with Crippen LogP contribution in [0, 0.1) is 57.2 Å². The standard InChI is InChI=1S/C38H48O9/c1-35(2,3)38(23-26-4-5-29(38)22-26)34(44)45-19-13-28-21-25-10-16-37(28,17-11-25)33(43)47-31(41)7-6-30(40)46-32(42)36-14-8-24(9-15-36)20-27(36)12-18-39/h4-8,10,14,16,24-29,39H,9,11-13,15,17-23H2,1-3H3/b7-6-. The second-order valence-electron chi connectivity index (χ2n) is 15.9. The van der Waals surface area contributed by atoms with Crippen LogP contribution >= 0.6 is 0 Å². The van der Waals surface area contributed by atoms with E-state index in [9.17, 15) is 29.1 Å². The van der Waals surface area contributed by atoms with Crippen LogP contribution in [0.4, 0.5) is 0 Å². The number of fused-ring (bicyclic) bond motifs is 6. The first kappa shape index (κ1) is 33.6. The number of carbonyl (C=O) groups excluding carboxylic acids is 5. The van der Waals surface area contributed by atoms with Gasteiger partial charge in [-0.2, -0.15) is 0 Å². The molecule has 6 bridgehead atoms. The Morgan fingerprint density at radius 3 is 1.72 bits per heavy atom. The molecule has 1 N–H and O–H groups in total. The van der Waals surface area contributed by atoms with Crippen molar-refractivity contribution in [3.8, 4) is 0 Å². The maximum Gasteiger partial charge on any atom is 0.338 e. The van der Waals surface area contributed by atoms with E-state index in [-0.39, 0.29) is 42.4 Å². The number of ether oxygens (including phenoxy) is 3. The van der Waals surface area contributed by atoms with E-state index in [1.807, 2.05) is 18.2 Å². The Kier molecular flexibility index (Phi) is 9.00. The van der Waals surface area contributed by atoms with Gasteiger partial charge in [-0.1, -0.05) is 57.2 Å². The highest BCUT2D eigenvalue weighted by Crippen LogP contribution is 2.61. The van der Waals surface area contributed by atoms with Crippen LogP contribution in [0.2, 0.25) is 0 Å². The zero-order valence-corrected chi connectivity index (χ0v) is 27.8. The zero-order valence-electron chi connectivity index (χ0n) is 27.8. The summed E-state index contributed by atoms with van der Waals surface area (Å²) < 4.78 is 16.3. The van der Waals surface area contributed by atoms with Gasteiger partial charge in [0.15, 0.2) is 0 Å². The highest BCUT2D eigenvalue weighted by atomic mass is 16.6. The van der Waals surface area contributed by atoms with Crippen molar-refractivity contribution in [2.24, 2.45) is 57.2 Å². The first-order valence-electron chi connectivity index (χ1n) is 17.4. The Labute approximate surface area is 276 Å². The highest BCUT2D eigenvalue weighted by molar-refractivity contribution is 6.01. The Hall–Kier alpha value is -3.33. The molecule has 9 atom stereocenters. The smallest absolute Gasteiger partial charge is 0.338 e. The summed E-state index contributed by atoms with van der Waals surface area (Å²) in [5.41, 5.74) is -2.81. The van der Waals surface area contributed by atoms with E-state index in [2.05, 4.69) is 32.9 Å². The molecule has 0 aromatic carbocycles. The number of aliphatic hydroxyl groups is 1. The summed E-state index contributed by atoms with van der Waals surface area (Å²) in [5, 5.41) is 9.49. The van der Waals surface area contributed by atoms with E-state index in [1.165, 1.54) is 0 Å². The SMILES string of the molecule is CC(C)(C)C1(C(=O)OCCC2CC3C=CC2(C(=O)OC(=O)/C=C\C(=O)OC(=O)C24C=CC(CC2)CC4CCO)CC3)CC2C=CC1C2. The quantitative estimate of drug-likeness (QED) is 0.106. The molecule has 8 rings (SSSR count). The lowest BCUT2D eigenvalue weighted by molar-refractivity contribution is -0.171. The van der Waals surface area contributed by atoms with Gasteiger partial charge in [0.2, 0.25) is 0 Å².